The van der Waals surface area contributed by atoms with Gasteiger partial charge in [-0.3, -0.25) is 58.0 Å². The fraction of sp³-hybridized carbons (Fsp3) is 0.304. The van der Waals surface area contributed by atoms with Crippen molar-refractivity contribution in [3.8, 4) is 0 Å². The molecule has 12 rings (SSSR count). The van der Waals surface area contributed by atoms with Crippen LogP contribution >= 0.6 is 101 Å². The number of benzene rings is 4. The van der Waals surface area contributed by atoms with Crippen molar-refractivity contribution < 1.29 is 95.4 Å². The first-order chi connectivity index (χ1) is 70.4. The second kappa shape index (κ2) is 56.4. The minimum Gasteiger partial charge on any atom is -0.460 e. The summed E-state index contributed by atoms with van der Waals surface area (Å²) in [7, 11) is 12.3. The quantitative estimate of drug-likeness (QED) is 0.0133. The third-order valence-corrected chi connectivity index (χ3v) is 22.6. The SMILES string of the molecule is CNCC(=O)OCc1cccnc1N(C)C(=O)OC(C)n1nc(Br)c(C(=O)Nc2ccc(C)cc2Cl)n1.CNCC(=O)OCc1cccnc1N(C)C(=O)OC(C)n1nc(Br)c(C(=O)Nc2ccc(C)cc2Cl)n1.CNCC(=O)OCc1cccnc1N(C)C(=O)OC(C)n1nc(Cl)c(C(=O)Nc2ccc(C)cc2Cl)n1.CNCC(=O)OCc1cccnc1N(C)C(=O)OC(C)n1nc(Cl)c(C(=O)Nc2ccc(C)cc2Cl)n1. The highest BCUT2D eigenvalue weighted by Crippen LogP contribution is 2.33. The average Bonchev–Trinajstić information content (AvgIpc) is 1.66. The maximum atomic E-state index is 12.8. The number of nitrogens with zero attached hydrogens (tertiary/aromatic N) is 20. The predicted octanol–water partition coefficient (Wildman–Crippen LogP) is 14.6. The molecule has 0 radical (unpaired) electrons. The first-order valence-corrected chi connectivity index (χ1v) is 47.8. The fourth-order valence-corrected chi connectivity index (χ4v) is 14.6. The Morgan fingerprint density at radius 1 is 0.318 bits per heavy atom. The van der Waals surface area contributed by atoms with Crippen LogP contribution < -0.4 is 62.1 Å². The van der Waals surface area contributed by atoms with Crippen LogP contribution in [0.2, 0.25) is 30.4 Å². The molecule has 4 unspecified atom stereocenters. The molecule has 148 heavy (non-hydrogen) atoms. The van der Waals surface area contributed by atoms with Crippen molar-refractivity contribution in [3.63, 3.8) is 0 Å². The summed E-state index contributed by atoms with van der Waals surface area (Å²) in [5.74, 6) is -3.21. The lowest BCUT2D eigenvalue weighted by Crippen LogP contribution is -2.31. The van der Waals surface area contributed by atoms with E-state index in [0.717, 1.165) is 51.2 Å². The Morgan fingerprint density at radius 2 is 0.527 bits per heavy atom. The summed E-state index contributed by atoms with van der Waals surface area (Å²) in [5.41, 5.74) is 6.96. The van der Waals surface area contributed by atoms with E-state index >= 15 is 0 Å². The van der Waals surface area contributed by atoms with E-state index < -0.39 is 96.8 Å². The van der Waals surface area contributed by atoms with Gasteiger partial charge in [0.05, 0.1) is 69.0 Å². The maximum absolute atomic E-state index is 12.8. The molecule has 8 heterocycles. The van der Waals surface area contributed by atoms with Crippen LogP contribution in [0.1, 0.15) is 139 Å². The molecule has 0 bridgehead atoms. The van der Waals surface area contributed by atoms with Crippen molar-refractivity contribution in [1.82, 2.24) is 101 Å². The monoisotopic (exact) mass is 2280 g/mol. The largest absolute Gasteiger partial charge is 0.460 e. The van der Waals surface area contributed by atoms with Gasteiger partial charge in [0.1, 0.15) is 49.7 Å². The van der Waals surface area contributed by atoms with Gasteiger partial charge in [-0.05, 0) is 210 Å². The number of amides is 8. The predicted molar refractivity (Wildman–Crippen MR) is 552 cm³/mol. The average molecular weight is 2290 g/mol. The molecule has 0 saturated heterocycles. The number of nitrogens with one attached hydrogen (secondary N) is 8. The summed E-state index contributed by atoms with van der Waals surface area (Å²) in [6.07, 6.45) is -1.15. The first-order valence-electron chi connectivity index (χ1n) is 43.9. The summed E-state index contributed by atoms with van der Waals surface area (Å²) in [6.45, 7) is 13.4. The number of carbonyl (C=O) groups excluding carboxylic acids is 12. The van der Waals surface area contributed by atoms with Gasteiger partial charge in [-0.1, -0.05) is 118 Å². The van der Waals surface area contributed by atoms with Crippen LogP contribution in [0, 0.1) is 27.7 Å². The molecule has 8 aromatic heterocycles. The number of likely N-dealkylation sites (N-methyl/N-ethyl adjacent to an activating group) is 4. The lowest BCUT2D eigenvalue weighted by atomic mass is 10.2. The van der Waals surface area contributed by atoms with Crippen molar-refractivity contribution in [2.45, 2.75) is 107 Å². The lowest BCUT2D eigenvalue weighted by Gasteiger charge is -2.21. The Labute approximate surface area is 893 Å². The van der Waals surface area contributed by atoms with E-state index in [1.807, 2.05) is 39.8 Å². The summed E-state index contributed by atoms with van der Waals surface area (Å²) in [6, 6.07) is 34.0. The highest BCUT2D eigenvalue weighted by Gasteiger charge is 2.32. The third-order valence-electron chi connectivity index (χ3n) is 19.8. The molecule has 0 saturated carbocycles. The zero-order chi connectivity index (χ0) is 108. The Bertz CT molecular complexity index is 6000. The molecule has 8 amide bonds. The molecular weight excluding hydrogens is 2190 g/mol. The molecule has 0 spiro atoms. The molecule has 8 N–H and O–H groups in total. The van der Waals surface area contributed by atoms with Gasteiger partial charge in [-0.25, -0.2) is 39.1 Å². The Hall–Kier alpha value is -14.6. The summed E-state index contributed by atoms with van der Waals surface area (Å²) >= 11 is 43.4. The van der Waals surface area contributed by atoms with E-state index in [4.69, 9.17) is 108 Å². The normalized spacial score (nSPS) is 11.5. The lowest BCUT2D eigenvalue weighted by molar-refractivity contribution is -0.144. The van der Waals surface area contributed by atoms with Crippen LogP contribution in [0.3, 0.4) is 0 Å². The number of hydrogen-bond acceptors (Lipinski definition) is 36. The van der Waals surface area contributed by atoms with Crippen LogP contribution in [0.4, 0.5) is 65.2 Å². The molecule has 12 aromatic rings. The van der Waals surface area contributed by atoms with Gasteiger partial charge in [0.2, 0.25) is 24.9 Å². The molecule has 56 heteroatoms. The van der Waals surface area contributed by atoms with Crippen molar-refractivity contribution in [1.29, 1.82) is 0 Å². The van der Waals surface area contributed by atoms with Crippen molar-refractivity contribution in [2.75, 3.05) is 123 Å². The van der Waals surface area contributed by atoms with Crippen LogP contribution in [0.15, 0.2) is 155 Å². The topological polar surface area (TPSA) is 562 Å². The van der Waals surface area contributed by atoms with E-state index in [0.29, 0.717) is 65.1 Å². The number of halogens is 8. The molecule has 0 aliphatic rings. The van der Waals surface area contributed by atoms with Gasteiger partial charge < -0.3 is 80.4 Å². The van der Waals surface area contributed by atoms with Crippen LogP contribution in [-0.4, -0.2) is 234 Å². The second-order valence-corrected chi connectivity index (χ2v) is 35.1. The number of aromatic nitrogens is 16. The molecule has 0 fully saturated rings. The number of aryl methyl sites for hydroxylation is 4. The number of rotatable bonds is 36. The van der Waals surface area contributed by atoms with Gasteiger partial charge in [0.25, 0.3) is 23.6 Å². The second-order valence-electron chi connectivity index (χ2n) is 31.3. The van der Waals surface area contributed by atoms with E-state index in [2.05, 4.69) is 135 Å². The van der Waals surface area contributed by atoms with Gasteiger partial charge in [0.15, 0.2) is 42.3 Å². The highest BCUT2D eigenvalue weighted by atomic mass is 79.9. The van der Waals surface area contributed by atoms with Crippen molar-refractivity contribution in [2.24, 2.45) is 0 Å². The van der Waals surface area contributed by atoms with Crippen LogP contribution in [0.25, 0.3) is 0 Å². The van der Waals surface area contributed by atoms with E-state index in [1.54, 1.807) is 137 Å². The molecular formula is C92H100Br2Cl6N28O20. The van der Waals surface area contributed by atoms with Gasteiger partial charge >= 0.3 is 48.3 Å². The zero-order valence-corrected chi connectivity index (χ0v) is 89.7. The van der Waals surface area contributed by atoms with E-state index in [1.165, 1.54) is 90.5 Å². The number of pyridine rings is 4. The molecule has 784 valence electrons. The molecule has 48 nitrogen and oxygen atoms in total. The van der Waals surface area contributed by atoms with Gasteiger partial charge in [-0.15, -0.1) is 60.0 Å². The standard InChI is InChI=1S/2C23H25BrClN7O5.2C23H25Cl2N7O5/c2*1-13-7-8-17(16(25)10-13)28-22(34)19-20(24)30-32(29-19)14(2)37-23(35)31(4)21-15(6-5-9-27-21)12-36-18(33)11-26-3;2*1-13-7-8-17(16(24)10-13)28-22(34)19-20(25)30-32(29-19)14(2)37-23(35)31(4)21-15(6-5-9-27-21)12-36-18(33)11-26-3/h4*5-10,14,26H,11-12H2,1-4H3,(H,28,34). The summed E-state index contributed by atoms with van der Waals surface area (Å²) < 4.78 is 42.8. The number of esters is 4. The Balaban J connectivity index is 0.000000219. The number of ether oxygens (including phenoxy) is 8. The van der Waals surface area contributed by atoms with Crippen molar-refractivity contribution >= 4 is 219 Å². The minimum atomic E-state index is -1.03. The first kappa shape index (κ1) is 117. The fourth-order valence-electron chi connectivity index (χ4n) is 12.3. The van der Waals surface area contributed by atoms with E-state index in [9.17, 15) is 57.5 Å². The van der Waals surface area contributed by atoms with E-state index in [-0.39, 0.29) is 118 Å². The Morgan fingerprint density at radius 3 is 0.743 bits per heavy atom. The minimum absolute atomic E-state index is 0.0247. The molecule has 4 atom stereocenters. The van der Waals surface area contributed by atoms with Crippen molar-refractivity contribution in [3.05, 3.63) is 253 Å². The van der Waals surface area contributed by atoms with Crippen LogP contribution in [0.5, 0.6) is 0 Å². The molecule has 4 aromatic carbocycles. The summed E-state index contributed by atoms with van der Waals surface area (Å²) in [5, 5.41) is 55.2. The summed E-state index contributed by atoms with van der Waals surface area (Å²) in [4.78, 5) is 174. The van der Waals surface area contributed by atoms with Crippen LogP contribution in [-0.2, 0) is 83.5 Å². The molecule has 0 aliphatic carbocycles. The van der Waals surface area contributed by atoms with Gasteiger partial charge in [-0.2, -0.15) is 0 Å². The smallest absolute Gasteiger partial charge is 0.417 e. The van der Waals surface area contributed by atoms with Gasteiger partial charge in [0, 0.05) is 75.2 Å². The number of hydrogen-bond donors (Lipinski definition) is 8. The highest BCUT2D eigenvalue weighted by molar-refractivity contribution is 9.10. The number of carbonyl (C=O) groups is 12. The third kappa shape index (κ3) is 33.7. The number of anilines is 8. The maximum Gasteiger partial charge on any atom is 0.417 e. The Kier molecular flexibility index (Phi) is 44.6. The zero-order valence-electron chi connectivity index (χ0n) is 82.0. The molecule has 0 aliphatic heterocycles.